The number of hydrogen-bond acceptors (Lipinski definition) is 5. The van der Waals surface area contributed by atoms with Crippen molar-refractivity contribution in [1.29, 1.82) is 0 Å². The number of oxime groups is 1. The summed E-state index contributed by atoms with van der Waals surface area (Å²) >= 11 is 5.98. The number of carboxylic acid groups (broad SMARTS) is 1. The van der Waals surface area contributed by atoms with E-state index in [4.69, 9.17) is 21.4 Å². The summed E-state index contributed by atoms with van der Waals surface area (Å²) in [5.74, 6) is 0.531. The number of aliphatic hydroxyl groups is 1. The minimum Gasteiger partial charge on any atom is -0.488 e. The molecule has 2 rings (SSSR count). The fraction of sp³-hybridized carbons (Fsp3) is 0.652. The highest BCUT2D eigenvalue weighted by atomic mass is 35.5. The van der Waals surface area contributed by atoms with Crippen molar-refractivity contribution in [2.45, 2.75) is 83.3 Å². The average molecular weight is 440 g/mol. The summed E-state index contributed by atoms with van der Waals surface area (Å²) in [6, 6.07) is 7.13. The predicted molar refractivity (Wildman–Crippen MR) is 118 cm³/mol. The molecule has 0 amide bonds. The maximum Gasteiger partial charge on any atom is 0.303 e. The van der Waals surface area contributed by atoms with Crippen LogP contribution >= 0.6 is 11.6 Å². The third kappa shape index (κ3) is 8.15. The first-order chi connectivity index (χ1) is 14.4. The van der Waals surface area contributed by atoms with Crippen LogP contribution in [0.2, 0.25) is 5.02 Å². The Hall–Kier alpha value is -1.79. The van der Waals surface area contributed by atoms with Crippen LogP contribution in [0, 0.1) is 11.8 Å². The predicted octanol–water partition coefficient (Wildman–Crippen LogP) is 5.53. The van der Waals surface area contributed by atoms with Crippen molar-refractivity contribution < 1.29 is 25.0 Å². The summed E-state index contributed by atoms with van der Waals surface area (Å²) in [6.45, 7) is 1.84. The van der Waals surface area contributed by atoms with E-state index >= 15 is 0 Å². The number of aliphatic carboxylic acids is 1. The molecular formula is C23H34ClNO5. The Kier molecular flexibility index (Phi) is 10.4. The van der Waals surface area contributed by atoms with Gasteiger partial charge in [-0.15, -0.1) is 0 Å². The van der Waals surface area contributed by atoms with Gasteiger partial charge in [-0.05, 0) is 69.6 Å². The van der Waals surface area contributed by atoms with Gasteiger partial charge < -0.3 is 20.2 Å². The number of halogens is 1. The molecular weight excluding hydrogens is 406 g/mol. The van der Waals surface area contributed by atoms with Crippen LogP contribution in [0.3, 0.4) is 0 Å². The van der Waals surface area contributed by atoms with E-state index in [9.17, 15) is 15.1 Å². The van der Waals surface area contributed by atoms with Crippen molar-refractivity contribution >= 4 is 23.3 Å². The van der Waals surface area contributed by atoms with Crippen molar-refractivity contribution in [3.63, 3.8) is 0 Å². The van der Waals surface area contributed by atoms with E-state index in [2.05, 4.69) is 5.16 Å². The number of carbonyl (C=O) groups is 1. The molecule has 0 aliphatic heterocycles. The van der Waals surface area contributed by atoms with E-state index in [1.54, 1.807) is 12.1 Å². The fourth-order valence-electron chi connectivity index (χ4n) is 4.32. The summed E-state index contributed by atoms with van der Waals surface area (Å²) < 4.78 is 5.82. The second-order valence-corrected chi connectivity index (χ2v) is 8.70. The van der Waals surface area contributed by atoms with Crippen molar-refractivity contribution in [2.75, 3.05) is 0 Å². The minimum absolute atomic E-state index is 0.182. The van der Waals surface area contributed by atoms with Crippen molar-refractivity contribution in [3.8, 4) is 5.75 Å². The average Bonchev–Trinajstić information content (AvgIpc) is 3.10. The smallest absolute Gasteiger partial charge is 0.303 e. The maximum absolute atomic E-state index is 10.6. The molecule has 0 aromatic heterocycles. The van der Waals surface area contributed by atoms with Gasteiger partial charge in [-0.1, -0.05) is 42.1 Å². The van der Waals surface area contributed by atoms with Crippen LogP contribution in [-0.4, -0.2) is 39.3 Å². The Morgan fingerprint density at radius 3 is 2.73 bits per heavy atom. The summed E-state index contributed by atoms with van der Waals surface area (Å²) in [6.07, 6.45) is 7.15. The molecule has 1 aliphatic rings. The first kappa shape index (κ1) is 24.5. The molecule has 0 spiro atoms. The molecule has 30 heavy (non-hydrogen) atoms. The highest BCUT2D eigenvalue weighted by Crippen LogP contribution is 2.37. The van der Waals surface area contributed by atoms with E-state index in [0.29, 0.717) is 23.1 Å². The van der Waals surface area contributed by atoms with Gasteiger partial charge in [0, 0.05) is 17.4 Å². The summed E-state index contributed by atoms with van der Waals surface area (Å²) in [5.41, 5.74) is 0.835. The molecule has 0 saturated heterocycles. The Morgan fingerprint density at radius 2 is 2.03 bits per heavy atom. The molecule has 0 bridgehead atoms. The van der Waals surface area contributed by atoms with Gasteiger partial charge in [0.15, 0.2) is 0 Å². The van der Waals surface area contributed by atoms with Crippen LogP contribution in [0.4, 0.5) is 0 Å². The summed E-state index contributed by atoms with van der Waals surface area (Å²) in [4.78, 5) is 10.6. The van der Waals surface area contributed by atoms with Crippen LogP contribution in [0.1, 0.15) is 71.1 Å². The lowest BCUT2D eigenvalue weighted by Gasteiger charge is -2.24. The molecule has 2 unspecified atom stereocenters. The summed E-state index contributed by atoms with van der Waals surface area (Å²) in [5, 5.41) is 32.8. The largest absolute Gasteiger partial charge is 0.488 e. The van der Waals surface area contributed by atoms with E-state index in [-0.39, 0.29) is 18.4 Å². The number of benzene rings is 1. The number of unbranched alkanes of at least 4 members (excludes halogenated alkanes) is 3. The molecule has 3 N–H and O–H groups in total. The van der Waals surface area contributed by atoms with E-state index in [1.165, 1.54) is 0 Å². The Bertz CT molecular complexity index is 696. The van der Waals surface area contributed by atoms with Gasteiger partial charge in [0.1, 0.15) is 11.9 Å². The number of ether oxygens (including phenoxy) is 1. The van der Waals surface area contributed by atoms with E-state index in [1.807, 2.05) is 19.1 Å². The highest BCUT2D eigenvalue weighted by Gasteiger charge is 2.33. The quantitative estimate of drug-likeness (QED) is 0.213. The molecule has 6 nitrogen and oxygen atoms in total. The molecule has 1 aromatic rings. The molecule has 1 fully saturated rings. The SMILES string of the molecule is CC(Oc1cccc(Cl)c1)[C@H](O)CCC1/C(=N\O)CC[C@H]1CCCCCCC(=O)O. The molecule has 7 heteroatoms. The zero-order valence-corrected chi connectivity index (χ0v) is 18.4. The lowest BCUT2D eigenvalue weighted by Crippen LogP contribution is -2.30. The third-order valence-corrected chi connectivity index (χ3v) is 6.28. The van der Waals surface area contributed by atoms with Gasteiger partial charge in [-0.3, -0.25) is 4.79 Å². The Balaban J connectivity index is 1.77. The van der Waals surface area contributed by atoms with Crippen molar-refractivity contribution in [1.82, 2.24) is 0 Å². The number of nitrogens with zero attached hydrogens (tertiary/aromatic N) is 1. The van der Waals surface area contributed by atoms with Gasteiger partial charge in [0.25, 0.3) is 0 Å². The molecule has 0 heterocycles. The van der Waals surface area contributed by atoms with Crippen molar-refractivity contribution in [3.05, 3.63) is 29.3 Å². The van der Waals surface area contributed by atoms with Crippen LogP contribution in [0.25, 0.3) is 0 Å². The normalized spacial score (nSPS) is 22.2. The van der Waals surface area contributed by atoms with Gasteiger partial charge in [-0.2, -0.15) is 0 Å². The highest BCUT2D eigenvalue weighted by molar-refractivity contribution is 6.30. The zero-order valence-electron chi connectivity index (χ0n) is 17.7. The number of rotatable bonds is 13. The monoisotopic (exact) mass is 439 g/mol. The zero-order chi connectivity index (χ0) is 21.9. The Labute approximate surface area is 183 Å². The fourth-order valence-corrected chi connectivity index (χ4v) is 4.50. The molecule has 168 valence electrons. The number of aliphatic hydroxyl groups excluding tert-OH is 1. The molecule has 1 aliphatic carbocycles. The molecule has 1 saturated carbocycles. The lowest BCUT2D eigenvalue weighted by atomic mass is 9.85. The molecule has 1 aromatic carbocycles. The molecule has 4 atom stereocenters. The van der Waals surface area contributed by atoms with Crippen LogP contribution in [0.5, 0.6) is 5.75 Å². The Morgan fingerprint density at radius 1 is 1.27 bits per heavy atom. The lowest BCUT2D eigenvalue weighted by molar-refractivity contribution is -0.137. The first-order valence-corrected chi connectivity index (χ1v) is 11.3. The van der Waals surface area contributed by atoms with Gasteiger partial charge in [0.05, 0.1) is 11.8 Å². The first-order valence-electron chi connectivity index (χ1n) is 10.9. The second-order valence-electron chi connectivity index (χ2n) is 8.27. The third-order valence-electron chi connectivity index (χ3n) is 6.05. The van der Waals surface area contributed by atoms with Crippen LogP contribution < -0.4 is 4.74 Å². The van der Waals surface area contributed by atoms with Crippen molar-refractivity contribution in [2.24, 2.45) is 17.0 Å². The van der Waals surface area contributed by atoms with Gasteiger partial charge >= 0.3 is 5.97 Å². The summed E-state index contributed by atoms with van der Waals surface area (Å²) in [7, 11) is 0. The maximum atomic E-state index is 10.6. The van der Waals surface area contributed by atoms with Gasteiger partial charge in [0.2, 0.25) is 0 Å². The van der Waals surface area contributed by atoms with Gasteiger partial charge in [-0.25, -0.2) is 0 Å². The minimum atomic E-state index is -0.734. The topological polar surface area (TPSA) is 99.4 Å². The number of hydrogen-bond donors (Lipinski definition) is 3. The van der Waals surface area contributed by atoms with E-state index < -0.39 is 12.1 Å². The molecule has 0 radical (unpaired) electrons. The van der Waals surface area contributed by atoms with Crippen LogP contribution in [0.15, 0.2) is 29.4 Å². The second kappa shape index (κ2) is 12.8. The number of carboxylic acids is 1. The standard InChI is InChI=1S/C23H34ClNO5/c1-16(30-19-9-6-8-18(24)15-19)22(26)14-12-20-17(11-13-21(20)25-29)7-4-2-3-5-10-23(27)28/h6,8-9,15-17,20,22,26,29H,2-5,7,10-14H2,1H3,(H,27,28)/b25-21-/t16?,17-,20?,22-/m1/s1. The van der Waals surface area contributed by atoms with E-state index in [0.717, 1.165) is 57.1 Å². The van der Waals surface area contributed by atoms with Crippen LogP contribution in [-0.2, 0) is 4.79 Å².